The van der Waals surface area contributed by atoms with Gasteiger partial charge in [0.1, 0.15) is 5.75 Å². The number of phenolic OH excluding ortho intramolecular Hbond substituents is 1. The van der Waals surface area contributed by atoms with E-state index in [0.717, 1.165) is 16.7 Å². The highest BCUT2D eigenvalue weighted by molar-refractivity contribution is 8.19. The van der Waals surface area contributed by atoms with Crippen LogP contribution in [0, 0.1) is 5.41 Å². The van der Waals surface area contributed by atoms with Gasteiger partial charge < -0.3 is 5.11 Å². The number of rotatable bonds is 3. The molecule has 4 N–H and O–H groups in total. The molecule has 1 aliphatic heterocycles. The van der Waals surface area contributed by atoms with Crippen LogP contribution in [0.1, 0.15) is 5.56 Å². The second-order valence-electron chi connectivity index (χ2n) is 5.30. The molecule has 2 aromatic rings. The predicted molar refractivity (Wildman–Crippen MR) is 102 cm³/mol. The highest BCUT2D eigenvalue weighted by Gasteiger charge is 2.33. The third kappa shape index (κ3) is 3.61. The van der Waals surface area contributed by atoms with Gasteiger partial charge >= 0.3 is 0 Å². The topological polar surface area (TPSA) is 125 Å². The number of nitrogens with zero attached hydrogens (tertiary/aromatic N) is 1. The summed E-state index contributed by atoms with van der Waals surface area (Å²) in [6, 6.07) is 9.75. The number of sulfonamides is 1. The first-order valence-corrected chi connectivity index (χ1v) is 9.85. The first-order valence-electron chi connectivity index (χ1n) is 7.11. The summed E-state index contributed by atoms with van der Waals surface area (Å²) in [5.41, 5.74) is 0.686. The maximum atomic E-state index is 12.6. The van der Waals surface area contributed by atoms with Crippen LogP contribution in [-0.2, 0) is 14.8 Å². The molecule has 0 aromatic heterocycles. The van der Waals surface area contributed by atoms with Crippen molar-refractivity contribution in [2.45, 2.75) is 4.90 Å². The van der Waals surface area contributed by atoms with E-state index in [-0.39, 0.29) is 20.7 Å². The standard InChI is InChI=1S/C16H12ClN3O4S2/c17-10-1-6-13(21)9(7-10)8-14-15(22)20(16(18)25-14)11-2-4-12(5-3-11)26(19,23)24/h1-8,18,21H,(H2,19,23,24)/b14-8-,18-16?. The van der Waals surface area contributed by atoms with Crippen LogP contribution < -0.4 is 10.0 Å². The summed E-state index contributed by atoms with van der Waals surface area (Å²) in [6.45, 7) is 0. The van der Waals surface area contributed by atoms with Gasteiger partial charge in [0.05, 0.1) is 15.5 Å². The van der Waals surface area contributed by atoms with E-state index in [9.17, 15) is 18.3 Å². The van der Waals surface area contributed by atoms with E-state index < -0.39 is 15.9 Å². The Balaban J connectivity index is 1.94. The molecule has 26 heavy (non-hydrogen) atoms. The SMILES string of the molecule is N=C1S/C(=C\c2cc(Cl)ccc2O)C(=O)N1c1ccc(S(N)(=O)=O)cc1. The fourth-order valence-corrected chi connectivity index (χ4v) is 3.84. The van der Waals surface area contributed by atoms with E-state index in [2.05, 4.69) is 0 Å². The van der Waals surface area contributed by atoms with Gasteiger partial charge in [-0.1, -0.05) is 11.6 Å². The average Bonchev–Trinajstić information content (AvgIpc) is 2.84. The van der Waals surface area contributed by atoms with Crippen LogP contribution in [0.3, 0.4) is 0 Å². The Kier molecular flexibility index (Phi) is 4.80. The minimum absolute atomic E-state index is 0.0437. The zero-order chi connectivity index (χ0) is 19.1. The van der Waals surface area contributed by atoms with Crippen molar-refractivity contribution in [3.05, 3.63) is 58.0 Å². The van der Waals surface area contributed by atoms with Gasteiger partial charge in [0.15, 0.2) is 5.17 Å². The monoisotopic (exact) mass is 409 g/mol. The number of anilines is 1. The molecule has 0 radical (unpaired) electrons. The Hall–Kier alpha value is -2.33. The summed E-state index contributed by atoms with van der Waals surface area (Å²) in [6.07, 6.45) is 1.45. The van der Waals surface area contributed by atoms with Crippen molar-refractivity contribution in [1.29, 1.82) is 5.41 Å². The highest BCUT2D eigenvalue weighted by Crippen LogP contribution is 2.36. The molecule has 134 valence electrons. The van der Waals surface area contributed by atoms with Crippen LogP contribution in [-0.4, -0.2) is 24.6 Å². The van der Waals surface area contributed by atoms with Crippen LogP contribution in [0.4, 0.5) is 5.69 Å². The molecule has 1 heterocycles. The van der Waals surface area contributed by atoms with Gasteiger partial charge in [0, 0.05) is 10.6 Å². The van der Waals surface area contributed by atoms with Gasteiger partial charge in [0.25, 0.3) is 5.91 Å². The second-order valence-corrected chi connectivity index (χ2v) is 8.33. The maximum absolute atomic E-state index is 12.6. The molecule has 1 fully saturated rings. The molecule has 2 aromatic carbocycles. The van der Waals surface area contributed by atoms with Crippen molar-refractivity contribution in [2.24, 2.45) is 5.14 Å². The normalized spacial score (nSPS) is 16.5. The smallest absolute Gasteiger partial charge is 0.271 e. The third-order valence-electron chi connectivity index (χ3n) is 3.52. The van der Waals surface area contributed by atoms with Crippen LogP contribution in [0.15, 0.2) is 52.3 Å². The van der Waals surface area contributed by atoms with Crippen LogP contribution in [0.5, 0.6) is 5.75 Å². The third-order valence-corrected chi connectivity index (χ3v) is 5.58. The Bertz CT molecular complexity index is 1050. The Morgan fingerprint density at radius 2 is 1.85 bits per heavy atom. The summed E-state index contributed by atoms with van der Waals surface area (Å²) < 4.78 is 22.6. The number of phenols is 1. The molecule has 0 atom stereocenters. The van der Waals surface area contributed by atoms with Crippen molar-refractivity contribution >= 4 is 56.2 Å². The number of primary sulfonamides is 1. The van der Waals surface area contributed by atoms with Gasteiger partial charge in [-0.25, -0.2) is 13.6 Å². The first kappa shape index (κ1) is 18.5. The largest absolute Gasteiger partial charge is 0.507 e. The van der Waals surface area contributed by atoms with E-state index in [1.807, 2.05) is 0 Å². The number of amides is 1. The first-order chi connectivity index (χ1) is 12.2. The highest BCUT2D eigenvalue weighted by atomic mass is 35.5. The number of nitrogens with one attached hydrogen (secondary N) is 1. The van der Waals surface area contributed by atoms with Crippen molar-refractivity contribution < 1.29 is 18.3 Å². The molecule has 1 aliphatic rings. The minimum atomic E-state index is -3.84. The van der Waals surface area contributed by atoms with E-state index in [4.69, 9.17) is 22.1 Å². The summed E-state index contributed by atoms with van der Waals surface area (Å²) in [5.74, 6) is -0.513. The van der Waals surface area contributed by atoms with E-state index in [1.54, 1.807) is 0 Å². The maximum Gasteiger partial charge on any atom is 0.271 e. The van der Waals surface area contributed by atoms with Crippen LogP contribution in [0.2, 0.25) is 5.02 Å². The van der Waals surface area contributed by atoms with E-state index >= 15 is 0 Å². The number of benzene rings is 2. The Morgan fingerprint density at radius 3 is 2.46 bits per heavy atom. The quantitative estimate of drug-likeness (QED) is 0.672. The molecule has 7 nitrogen and oxygen atoms in total. The van der Waals surface area contributed by atoms with Gasteiger partial charge in [-0.15, -0.1) is 0 Å². The Labute approximate surface area is 158 Å². The number of nitrogens with two attached hydrogens (primary N) is 1. The lowest BCUT2D eigenvalue weighted by atomic mass is 10.2. The number of carbonyl (C=O) groups excluding carboxylic acids is 1. The predicted octanol–water partition coefficient (Wildman–Crippen LogP) is 2.75. The molecule has 0 saturated carbocycles. The zero-order valence-corrected chi connectivity index (χ0v) is 15.4. The summed E-state index contributed by atoms with van der Waals surface area (Å²) in [5, 5.41) is 23.3. The number of halogens is 1. The zero-order valence-electron chi connectivity index (χ0n) is 13.0. The molecule has 10 heteroatoms. The minimum Gasteiger partial charge on any atom is -0.507 e. The van der Waals surface area contributed by atoms with Gasteiger partial charge in [-0.2, -0.15) is 0 Å². The van der Waals surface area contributed by atoms with Gasteiger partial charge in [0.2, 0.25) is 10.0 Å². The molecular weight excluding hydrogens is 398 g/mol. The number of thioether (sulfide) groups is 1. The molecule has 0 spiro atoms. The number of carbonyl (C=O) groups is 1. The summed E-state index contributed by atoms with van der Waals surface area (Å²) in [7, 11) is -3.84. The fourth-order valence-electron chi connectivity index (χ4n) is 2.29. The molecular formula is C16H12ClN3O4S2. The van der Waals surface area contributed by atoms with Gasteiger partial charge in [-0.05, 0) is 60.3 Å². The second kappa shape index (κ2) is 6.76. The average molecular weight is 410 g/mol. The Morgan fingerprint density at radius 1 is 1.19 bits per heavy atom. The summed E-state index contributed by atoms with van der Waals surface area (Å²) >= 11 is 6.82. The molecule has 3 rings (SSSR count). The fraction of sp³-hybridized carbons (Fsp3) is 0. The van der Waals surface area contributed by atoms with Crippen molar-refractivity contribution in [2.75, 3.05) is 4.90 Å². The van der Waals surface area contributed by atoms with E-state index in [0.29, 0.717) is 16.3 Å². The number of hydrogen-bond acceptors (Lipinski definition) is 6. The molecule has 0 aliphatic carbocycles. The van der Waals surface area contributed by atoms with E-state index in [1.165, 1.54) is 48.5 Å². The molecule has 0 bridgehead atoms. The molecule has 1 amide bonds. The lowest BCUT2D eigenvalue weighted by Crippen LogP contribution is -2.28. The lowest BCUT2D eigenvalue weighted by molar-refractivity contribution is -0.113. The molecule has 0 unspecified atom stereocenters. The number of hydrogen-bond donors (Lipinski definition) is 3. The van der Waals surface area contributed by atoms with Crippen molar-refractivity contribution in [3.8, 4) is 5.75 Å². The number of amidine groups is 1. The lowest BCUT2D eigenvalue weighted by Gasteiger charge is -2.14. The van der Waals surface area contributed by atoms with Crippen molar-refractivity contribution in [3.63, 3.8) is 0 Å². The summed E-state index contributed by atoms with van der Waals surface area (Å²) in [4.78, 5) is 13.9. The molecule has 1 saturated heterocycles. The van der Waals surface area contributed by atoms with Crippen LogP contribution in [0.25, 0.3) is 6.08 Å². The van der Waals surface area contributed by atoms with Gasteiger partial charge in [-0.3, -0.25) is 15.1 Å². The number of aromatic hydroxyl groups is 1. The van der Waals surface area contributed by atoms with Crippen LogP contribution >= 0.6 is 23.4 Å². The van der Waals surface area contributed by atoms with Crippen molar-refractivity contribution in [1.82, 2.24) is 0 Å².